The van der Waals surface area contributed by atoms with Gasteiger partial charge in [-0.2, -0.15) is 4.99 Å². The standard InChI is InChI=1S/C12H11ClFNO2/c1-7-9(14)5-8(13)11(17)10(7)12(15-6-16)3-2-4-12/h5,17H,2-4H2,1H3. The number of hydrogen-bond acceptors (Lipinski definition) is 3. The lowest BCUT2D eigenvalue weighted by molar-refractivity contribution is 0.245. The number of hydrogen-bond donors (Lipinski definition) is 1. The number of carbonyl (C=O) groups excluding carboxylic acids is 1. The number of nitrogens with zero attached hydrogens (tertiary/aromatic N) is 1. The van der Waals surface area contributed by atoms with Gasteiger partial charge in [-0.15, -0.1) is 0 Å². The molecule has 1 aliphatic rings. The average Bonchev–Trinajstić information content (AvgIpc) is 2.23. The van der Waals surface area contributed by atoms with E-state index in [0.717, 1.165) is 12.5 Å². The monoisotopic (exact) mass is 255 g/mol. The Labute approximate surface area is 103 Å². The Morgan fingerprint density at radius 1 is 1.59 bits per heavy atom. The molecule has 0 amide bonds. The van der Waals surface area contributed by atoms with E-state index in [-0.39, 0.29) is 16.3 Å². The largest absolute Gasteiger partial charge is 0.506 e. The lowest BCUT2D eigenvalue weighted by Crippen LogP contribution is -2.33. The Kier molecular flexibility index (Phi) is 2.94. The maximum Gasteiger partial charge on any atom is 0.235 e. The van der Waals surface area contributed by atoms with Gasteiger partial charge in [0, 0.05) is 5.56 Å². The maximum atomic E-state index is 13.6. The normalized spacial score (nSPS) is 17.1. The van der Waals surface area contributed by atoms with Gasteiger partial charge in [-0.25, -0.2) is 9.18 Å². The number of aromatic hydroxyl groups is 1. The van der Waals surface area contributed by atoms with Crippen molar-refractivity contribution >= 4 is 17.7 Å². The zero-order valence-electron chi connectivity index (χ0n) is 9.26. The summed E-state index contributed by atoms with van der Waals surface area (Å²) in [5.74, 6) is -0.695. The number of rotatable bonds is 2. The van der Waals surface area contributed by atoms with Crippen molar-refractivity contribution in [2.75, 3.05) is 0 Å². The third-order valence-corrected chi connectivity index (χ3v) is 3.64. The summed E-state index contributed by atoms with van der Waals surface area (Å²) in [5, 5.41) is 9.88. The Balaban J connectivity index is 2.69. The fraction of sp³-hybridized carbons (Fsp3) is 0.417. The molecule has 90 valence electrons. The van der Waals surface area contributed by atoms with Crippen LogP contribution in [0.2, 0.25) is 5.02 Å². The van der Waals surface area contributed by atoms with Crippen LogP contribution in [0.5, 0.6) is 5.75 Å². The van der Waals surface area contributed by atoms with E-state index in [1.165, 1.54) is 6.08 Å². The molecule has 0 unspecified atom stereocenters. The van der Waals surface area contributed by atoms with Gasteiger partial charge in [-0.1, -0.05) is 11.6 Å². The molecule has 0 spiro atoms. The third kappa shape index (κ3) is 1.74. The lowest BCUT2D eigenvalue weighted by atomic mass is 9.70. The van der Waals surface area contributed by atoms with Crippen molar-refractivity contribution in [3.63, 3.8) is 0 Å². The molecule has 5 heteroatoms. The molecule has 0 bridgehead atoms. The second kappa shape index (κ2) is 4.13. The summed E-state index contributed by atoms with van der Waals surface area (Å²) in [7, 11) is 0. The van der Waals surface area contributed by atoms with Crippen molar-refractivity contribution in [3.8, 4) is 5.75 Å². The van der Waals surface area contributed by atoms with E-state index in [0.29, 0.717) is 18.4 Å². The van der Waals surface area contributed by atoms with Gasteiger partial charge >= 0.3 is 0 Å². The first-order valence-electron chi connectivity index (χ1n) is 5.29. The van der Waals surface area contributed by atoms with Crippen molar-refractivity contribution in [1.82, 2.24) is 0 Å². The highest BCUT2D eigenvalue weighted by molar-refractivity contribution is 6.32. The van der Waals surface area contributed by atoms with Crippen molar-refractivity contribution < 1.29 is 14.3 Å². The Morgan fingerprint density at radius 2 is 2.24 bits per heavy atom. The molecular weight excluding hydrogens is 245 g/mol. The van der Waals surface area contributed by atoms with Crippen molar-refractivity contribution in [2.24, 2.45) is 4.99 Å². The van der Waals surface area contributed by atoms with Crippen LogP contribution in [0.25, 0.3) is 0 Å². The van der Waals surface area contributed by atoms with Crippen LogP contribution in [0.1, 0.15) is 30.4 Å². The van der Waals surface area contributed by atoms with Crippen LogP contribution >= 0.6 is 11.6 Å². The van der Waals surface area contributed by atoms with Gasteiger partial charge in [0.15, 0.2) is 0 Å². The van der Waals surface area contributed by atoms with Crippen LogP contribution in [0.3, 0.4) is 0 Å². The summed E-state index contributed by atoms with van der Waals surface area (Å²) in [4.78, 5) is 14.2. The number of isocyanates is 1. The summed E-state index contributed by atoms with van der Waals surface area (Å²) in [5.41, 5.74) is -0.246. The van der Waals surface area contributed by atoms with Gasteiger partial charge < -0.3 is 5.11 Å². The van der Waals surface area contributed by atoms with Crippen LogP contribution < -0.4 is 0 Å². The van der Waals surface area contributed by atoms with Crippen LogP contribution in [0.15, 0.2) is 11.1 Å². The number of phenolic OH excluding ortho intramolecular Hbond substituents is 1. The molecule has 2 rings (SSSR count). The number of benzene rings is 1. The second-order valence-corrected chi connectivity index (χ2v) is 4.68. The molecule has 3 nitrogen and oxygen atoms in total. The molecule has 1 N–H and O–H groups in total. The fourth-order valence-electron chi connectivity index (χ4n) is 2.29. The molecule has 1 aromatic carbocycles. The molecule has 1 fully saturated rings. The van der Waals surface area contributed by atoms with Crippen molar-refractivity contribution in [3.05, 3.63) is 28.0 Å². The molecule has 0 heterocycles. The fourth-order valence-corrected chi connectivity index (χ4v) is 2.48. The van der Waals surface area contributed by atoms with Gasteiger partial charge in [0.25, 0.3) is 0 Å². The molecule has 1 aliphatic carbocycles. The van der Waals surface area contributed by atoms with E-state index in [2.05, 4.69) is 4.99 Å². The lowest BCUT2D eigenvalue weighted by Gasteiger charge is -2.38. The van der Waals surface area contributed by atoms with Crippen molar-refractivity contribution in [2.45, 2.75) is 31.7 Å². The van der Waals surface area contributed by atoms with E-state index in [9.17, 15) is 14.3 Å². The first-order chi connectivity index (χ1) is 8.02. The quantitative estimate of drug-likeness (QED) is 0.652. The smallest absolute Gasteiger partial charge is 0.235 e. The third-order valence-electron chi connectivity index (χ3n) is 3.36. The average molecular weight is 256 g/mol. The van der Waals surface area contributed by atoms with Gasteiger partial charge in [-0.05, 0) is 37.8 Å². The SMILES string of the molecule is Cc1c(F)cc(Cl)c(O)c1C1(N=C=O)CCC1. The van der Waals surface area contributed by atoms with E-state index in [4.69, 9.17) is 11.6 Å². The Hall–Kier alpha value is -1.38. The molecule has 17 heavy (non-hydrogen) atoms. The predicted molar refractivity (Wildman–Crippen MR) is 61.5 cm³/mol. The summed E-state index contributed by atoms with van der Waals surface area (Å²) in [6.07, 6.45) is 3.56. The molecule has 1 aromatic rings. The van der Waals surface area contributed by atoms with E-state index in [1.54, 1.807) is 6.92 Å². The molecule has 0 saturated heterocycles. The van der Waals surface area contributed by atoms with Gasteiger partial charge in [0.1, 0.15) is 17.1 Å². The highest BCUT2D eigenvalue weighted by Gasteiger charge is 2.43. The highest BCUT2D eigenvalue weighted by atomic mass is 35.5. The number of phenols is 1. The van der Waals surface area contributed by atoms with Crippen LogP contribution in [-0.4, -0.2) is 11.2 Å². The summed E-state index contributed by atoms with van der Waals surface area (Å²) in [6.45, 7) is 1.54. The maximum absolute atomic E-state index is 13.6. The zero-order valence-corrected chi connectivity index (χ0v) is 10.0. The predicted octanol–water partition coefficient (Wildman–Crippen LogP) is 3.21. The molecule has 1 saturated carbocycles. The Morgan fingerprint density at radius 3 is 2.71 bits per heavy atom. The Bertz CT molecular complexity index is 493. The van der Waals surface area contributed by atoms with Crippen LogP contribution in [0, 0.1) is 12.7 Å². The molecule has 0 aromatic heterocycles. The minimum absolute atomic E-state index is 0.0597. The van der Waals surface area contributed by atoms with Gasteiger partial charge in [-0.3, -0.25) is 0 Å². The van der Waals surface area contributed by atoms with Crippen LogP contribution in [0.4, 0.5) is 4.39 Å². The highest BCUT2D eigenvalue weighted by Crippen LogP contribution is 2.51. The van der Waals surface area contributed by atoms with Gasteiger partial charge in [0.05, 0.1) is 5.02 Å². The first-order valence-corrected chi connectivity index (χ1v) is 5.67. The second-order valence-electron chi connectivity index (χ2n) is 4.28. The van der Waals surface area contributed by atoms with E-state index in [1.807, 2.05) is 0 Å². The molecule has 0 radical (unpaired) electrons. The summed E-state index contributed by atoms with van der Waals surface area (Å²) in [6, 6.07) is 1.06. The van der Waals surface area contributed by atoms with E-state index < -0.39 is 11.4 Å². The number of aliphatic imine (C=N–C) groups is 1. The van der Waals surface area contributed by atoms with Gasteiger partial charge in [0.2, 0.25) is 6.08 Å². The summed E-state index contributed by atoms with van der Waals surface area (Å²) < 4.78 is 13.6. The van der Waals surface area contributed by atoms with Crippen molar-refractivity contribution in [1.29, 1.82) is 0 Å². The van der Waals surface area contributed by atoms with Crippen LogP contribution in [-0.2, 0) is 10.3 Å². The minimum atomic E-state index is -0.846. The zero-order chi connectivity index (χ0) is 12.6. The molecule has 0 aliphatic heterocycles. The molecule has 0 atom stereocenters. The van der Waals surface area contributed by atoms with E-state index >= 15 is 0 Å². The topological polar surface area (TPSA) is 49.7 Å². The summed E-state index contributed by atoms with van der Waals surface area (Å²) >= 11 is 5.75. The first kappa shape index (κ1) is 12.1. The molecular formula is C12H11ClFNO2. The number of halogens is 2. The minimum Gasteiger partial charge on any atom is -0.506 e.